The van der Waals surface area contributed by atoms with Crippen molar-refractivity contribution in [3.8, 4) is 5.69 Å². The summed E-state index contributed by atoms with van der Waals surface area (Å²) in [6, 6.07) is 7.63. The van der Waals surface area contributed by atoms with Crippen LogP contribution in [0, 0.1) is 0 Å². The molecule has 2 heterocycles. The van der Waals surface area contributed by atoms with E-state index in [1.807, 2.05) is 42.7 Å². The van der Waals surface area contributed by atoms with Crippen LogP contribution in [0.5, 0.6) is 0 Å². The Morgan fingerprint density at radius 3 is 2.86 bits per heavy atom. The summed E-state index contributed by atoms with van der Waals surface area (Å²) in [4.78, 5) is 14.7. The second-order valence-electron chi connectivity index (χ2n) is 6.89. The first-order chi connectivity index (χ1) is 14.1. The number of nitrogens with one attached hydrogen (secondary N) is 1. The van der Waals surface area contributed by atoms with E-state index in [9.17, 15) is 4.79 Å². The van der Waals surface area contributed by atoms with E-state index < -0.39 is 0 Å². The third kappa shape index (κ3) is 5.87. The van der Waals surface area contributed by atoms with Crippen molar-refractivity contribution < 1.29 is 9.53 Å². The number of carbonyl (C=O) groups excluding carboxylic acids is 1. The van der Waals surface area contributed by atoms with Crippen LogP contribution in [0.25, 0.3) is 5.69 Å². The average Bonchev–Trinajstić information content (AvgIpc) is 3.37. The second kappa shape index (κ2) is 10.8. The largest absolute Gasteiger partial charge is 0.382 e. The number of benzene rings is 1. The number of anilines is 1. The molecule has 1 amide bonds. The number of aromatic nitrogens is 3. The zero-order chi connectivity index (χ0) is 20.6. The fraction of sp³-hybridized carbons (Fsp3) is 0.550. The van der Waals surface area contributed by atoms with Crippen LogP contribution in [0.3, 0.4) is 0 Å². The van der Waals surface area contributed by atoms with Crippen LogP contribution in [0.4, 0.5) is 5.95 Å². The summed E-state index contributed by atoms with van der Waals surface area (Å²) >= 11 is 7.63. The number of thioether (sulfide) groups is 1. The summed E-state index contributed by atoms with van der Waals surface area (Å²) in [5.74, 6) is 0.784. The van der Waals surface area contributed by atoms with E-state index in [1.54, 1.807) is 0 Å². The van der Waals surface area contributed by atoms with Crippen molar-refractivity contribution in [3.63, 3.8) is 0 Å². The van der Waals surface area contributed by atoms with Gasteiger partial charge in [0.15, 0.2) is 5.16 Å². The Labute approximate surface area is 181 Å². The first kappa shape index (κ1) is 21.9. The molecule has 1 aromatic heterocycles. The lowest BCUT2D eigenvalue weighted by atomic mass is 10.3. The maximum absolute atomic E-state index is 12.5. The molecule has 29 heavy (non-hydrogen) atoms. The summed E-state index contributed by atoms with van der Waals surface area (Å²) in [6.45, 7) is 7.71. The Bertz CT molecular complexity index is 810. The molecule has 1 unspecified atom stereocenters. The highest BCUT2D eigenvalue weighted by Crippen LogP contribution is 2.31. The Morgan fingerprint density at radius 1 is 1.34 bits per heavy atom. The van der Waals surface area contributed by atoms with Gasteiger partial charge in [-0.25, -0.2) is 0 Å². The van der Waals surface area contributed by atoms with Gasteiger partial charge >= 0.3 is 0 Å². The number of hydrogen-bond donors (Lipinski definition) is 1. The zero-order valence-corrected chi connectivity index (χ0v) is 18.5. The van der Waals surface area contributed by atoms with Crippen LogP contribution in [-0.4, -0.2) is 58.8 Å². The zero-order valence-electron chi connectivity index (χ0n) is 16.9. The maximum Gasteiger partial charge on any atom is 0.233 e. The predicted octanol–water partition coefficient (Wildman–Crippen LogP) is 3.54. The molecule has 1 aliphatic rings. The molecule has 3 rings (SSSR count). The lowest BCUT2D eigenvalue weighted by Gasteiger charge is -2.19. The SMILES string of the molecule is CCOCCCNC(=O)C(C)Sc1nnc(N2CCCC2)n1-c1cccc(Cl)c1. The smallest absolute Gasteiger partial charge is 0.233 e. The Morgan fingerprint density at radius 2 is 2.14 bits per heavy atom. The fourth-order valence-corrected chi connectivity index (χ4v) is 4.26. The second-order valence-corrected chi connectivity index (χ2v) is 8.64. The number of ether oxygens (including phenoxy) is 1. The van der Waals surface area contributed by atoms with Gasteiger partial charge in [0.25, 0.3) is 0 Å². The van der Waals surface area contributed by atoms with E-state index in [0.717, 1.165) is 44.0 Å². The first-order valence-corrected chi connectivity index (χ1v) is 11.3. The summed E-state index contributed by atoms with van der Waals surface area (Å²) < 4.78 is 7.30. The maximum atomic E-state index is 12.5. The Hall–Kier alpha value is -1.77. The summed E-state index contributed by atoms with van der Waals surface area (Å²) in [5, 5.41) is 12.8. The normalized spacial score (nSPS) is 14.9. The molecule has 1 atom stereocenters. The third-order valence-corrected chi connectivity index (χ3v) is 5.97. The molecular weight excluding hydrogens is 410 g/mol. The van der Waals surface area contributed by atoms with Crippen LogP contribution in [-0.2, 0) is 9.53 Å². The highest BCUT2D eigenvalue weighted by molar-refractivity contribution is 8.00. The average molecular weight is 438 g/mol. The third-order valence-electron chi connectivity index (χ3n) is 4.69. The minimum absolute atomic E-state index is 0.0186. The molecule has 2 aromatic rings. The molecule has 1 saturated heterocycles. The molecule has 158 valence electrons. The number of rotatable bonds is 10. The van der Waals surface area contributed by atoms with Crippen molar-refractivity contribution in [2.24, 2.45) is 0 Å². The van der Waals surface area contributed by atoms with E-state index in [-0.39, 0.29) is 11.2 Å². The summed E-state index contributed by atoms with van der Waals surface area (Å²) in [5.41, 5.74) is 0.899. The van der Waals surface area contributed by atoms with Crippen molar-refractivity contribution in [2.45, 2.75) is 43.5 Å². The molecule has 0 spiro atoms. The minimum Gasteiger partial charge on any atom is -0.382 e. The van der Waals surface area contributed by atoms with Crippen LogP contribution in [0.2, 0.25) is 5.02 Å². The number of halogens is 1. The van der Waals surface area contributed by atoms with E-state index in [0.29, 0.717) is 29.9 Å². The van der Waals surface area contributed by atoms with E-state index in [2.05, 4.69) is 20.4 Å². The summed E-state index contributed by atoms with van der Waals surface area (Å²) in [6.07, 6.45) is 3.09. The molecule has 0 bridgehead atoms. The Balaban J connectivity index is 1.74. The molecule has 1 fully saturated rings. The van der Waals surface area contributed by atoms with Crippen LogP contribution in [0.1, 0.15) is 33.1 Å². The van der Waals surface area contributed by atoms with Gasteiger partial charge in [0.1, 0.15) is 0 Å². The monoisotopic (exact) mass is 437 g/mol. The molecular formula is C20H28ClN5O2S. The molecule has 1 aliphatic heterocycles. The van der Waals surface area contributed by atoms with Gasteiger partial charge in [-0.2, -0.15) is 0 Å². The molecule has 1 N–H and O–H groups in total. The van der Waals surface area contributed by atoms with Gasteiger partial charge in [0, 0.05) is 37.9 Å². The van der Waals surface area contributed by atoms with Crippen molar-refractivity contribution >= 4 is 35.2 Å². The van der Waals surface area contributed by atoms with Crippen LogP contribution >= 0.6 is 23.4 Å². The van der Waals surface area contributed by atoms with Gasteiger partial charge in [-0.05, 0) is 51.3 Å². The molecule has 9 heteroatoms. The number of carbonyl (C=O) groups is 1. The first-order valence-electron chi connectivity index (χ1n) is 10.1. The minimum atomic E-state index is -0.296. The molecule has 0 radical (unpaired) electrons. The molecule has 0 aliphatic carbocycles. The highest BCUT2D eigenvalue weighted by atomic mass is 35.5. The van der Waals surface area contributed by atoms with E-state index in [4.69, 9.17) is 16.3 Å². The van der Waals surface area contributed by atoms with Crippen molar-refractivity contribution in [1.29, 1.82) is 0 Å². The van der Waals surface area contributed by atoms with Gasteiger partial charge in [-0.3, -0.25) is 9.36 Å². The lowest BCUT2D eigenvalue weighted by molar-refractivity contribution is -0.120. The van der Waals surface area contributed by atoms with Gasteiger partial charge in [-0.15, -0.1) is 10.2 Å². The number of nitrogens with zero attached hydrogens (tertiary/aromatic N) is 4. The lowest BCUT2D eigenvalue weighted by Crippen LogP contribution is -2.32. The van der Waals surface area contributed by atoms with Crippen molar-refractivity contribution in [1.82, 2.24) is 20.1 Å². The van der Waals surface area contributed by atoms with Crippen LogP contribution in [0.15, 0.2) is 29.4 Å². The van der Waals surface area contributed by atoms with Gasteiger partial charge in [-0.1, -0.05) is 29.4 Å². The quantitative estimate of drug-likeness (QED) is 0.452. The van der Waals surface area contributed by atoms with Crippen molar-refractivity contribution in [2.75, 3.05) is 37.7 Å². The van der Waals surface area contributed by atoms with Crippen LogP contribution < -0.4 is 10.2 Å². The standard InChI is InChI=1S/C20H28ClN5O2S/c1-3-28-13-7-10-22-18(27)15(2)29-20-24-23-19(25-11-4-5-12-25)26(20)17-9-6-8-16(21)14-17/h6,8-9,14-15H,3-5,7,10-13H2,1-2H3,(H,22,27). The Kier molecular flexibility index (Phi) is 8.20. The van der Waals surface area contributed by atoms with E-state index in [1.165, 1.54) is 11.8 Å². The molecule has 1 aromatic carbocycles. The number of amides is 1. The predicted molar refractivity (Wildman–Crippen MR) is 117 cm³/mol. The fourth-order valence-electron chi connectivity index (χ4n) is 3.19. The van der Waals surface area contributed by atoms with E-state index >= 15 is 0 Å². The van der Waals surface area contributed by atoms with Gasteiger partial charge in [0.2, 0.25) is 11.9 Å². The highest BCUT2D eigenvalue weighted by Gasteiger charge is 2.25. The molecule has 7 nitrogen and oxygen atoms in total. The summed E-state index contributed by atoms with van der Waals surface area (Å²) in [7, 11) is 0. The topological polar surface area (TPSA) is 72.3 Å². The van der Waals surface area contributed by atoms with Gasteiger partial charge in [0.05, 0.1) is 10.9 Å². The number of hydrogen-bond acceptors (Lipinski definition) is 6. The molecule has 0 saturated carbocycles. The van der Waals surface area contributed by atoms with Crippen molar-refractivity contribution in [3.05, 3.63) is 29.3 Å². The van der Waals surface area contributed by atoms with Gasteiger partial charge < -0.3 is 15.0 Å².